The standard InChI is InChI=1S/C20H28N2.2BrH/c1(9-15-21-17-19-11-5-3-6-12-19)2-10-16-22-18-20-13-7-4-8-14-20;;/h3-8,11-14,21-22H,1-2,9-10,15-18H2;2*1H. The van der Waals surface area contributed by atoms with E-state index in [4.69, 9.17) is 0 Å². The third-order valence-electron chi connectivity index (χ3n) is 3.80. The van der Waals surface area contributed by atoms with Gasteiger partial charge in [0.2, 0.25) is 0 Å². The van der Waals surface area contributed by atoms with Crippen LogP contribution in [0.3, 0.4) is 0 Å². The van der Waals surface area contributed by atoms with Gasteiger partial charge in [-0.15, -0.1) is 34.0 Å². The highest BCUT2D eigenvalue weighted by Crippen LogP contribution is 2.01. The maximum atomic E-state index is 3.51. The Morgan fingerprint density at radius 2 is 0.875 bits per heavy atom. The molecule has 0 aliphatic rings. The van der Waals surface area contributed by atoms with E-state index < -0.39 is 0 Å². The minimum Gasteiger partial charge on any atom is -0.313 e. The maximum absolute atomic E-state index is 3.51. The van der Waals surface area contributed by atoms with Crippen molar-refractivity contribution in [3.63, 3.8) is 0 Å². The zero-order chi connectivity index (χ0) is 15.3. The second kappa shape index (κ2) is 15.8. The predicted octanol–water partition coefficient (Wildman–Crippen LogP) is 5.28. The van der Waals surface area contributed by atoms with Gasteiger partial charge >= 0.3 is 0 Å². The minimum atomic E-state index is 0. The first-order valence-corrected chi connectivity index (χ1v) is 8.44. The second-order valence-corrected chi connectivity index (χ2v) is 5.74. The van der Waals surface area contributed by atoms with Crippen molar-refractivity contribution in [2.45, 2.75) is 38.8 Å². The summed E-state index contributed by atoms with van der Waals surface area (Å²) in [6.45, 7) is 4.21. The van der Waals surface area contributed by atoms with Crippen LogP contribution >= 0.6 is 34.0 Å². The van der Waals surface area contributed by atoms with E-state index in [-0.39, 0.29) is 34.0 Å². The van der Waals surface area contributed by atoms with Gasteiger partial charge in [0.1, 0.15) is 0 Å². The van der Waals surface area contributed by atoms with Gasteiger partial charge in [0.05, 0.1) is 0 Å². The highest BCUT2D eigenvalue weighted by Gasteiger charge is 1.94. The fourth-order valence-corrected chi connectivity index (χ4v) is 2.51. The monoisotopic (exact) mass is 456 g/mol. The minimum absolute atomic E-state index is 0. The molecular weight excluding hydrogens is 428 g/mol. The molecule has 0 fully saturated rings. The molecule has 0 saturated carbocycles. The molecule has 0 radical (unpaired) electrons. The Kier molecular flexibility index (Phi) is 15.4. The fraction of sp³-hybridized carbons (Fsp3) is 0.400. The number of benzene rings is 2. The molecular formula is C20H30Br2N2. The molecule has 0 heterocycles. The second-order valence-electron chi connectivity index (χ2n) is 5.74. The van der Waals surface area contributed by atoms with Crippen molar-refractivity contribution < 1.29 is 0 Å². The Morgan fingerprint density at radius 3 is 1.25 bits per heavy atom. The molecule has 2 aromatic carbocycles. The molecule has 0 saturated heterocycles. The molecule has 2 rings (SSSR count). The molecule has 0 bridgehead atoms. The molecule has 0 atom stereocenters. The van der Waals surface area contributed by atoms with Crippen LogP contribution in [0.4, 0.5) is 0 Å². The van der Waals surface area contributed by atoms with E-state index in [1.807, 2.05) is 0 Å². The van der Waals surface area contributed by atoms with Crippen molar-refractivity contribution in [1.82, 2.24) is 10.6 Å². The van der Waals surface area contributed by atoms with Gasteiger partial charge < -0.3 is 10.6 Å². The van der Waals surface area contributed by atoms with Crippen molar-refractivity contribution in [1.29, 1.82) is 0 Å². The first-order chi connectivity index (χ1) is 10.9. The van der Waals surface area contributed by atoms with E-state index in [9.17, 15) is 0 Å². The van der Waals surface area contributed by atoms with E-state index in [1.54, 1.807) is 0 Å². The van der Waals surface area contributed by atoms with Crippen LogP contribution in [0.15, 0.2) is 60.7 Å². The third-order valence-corrected chi connectivity index (χ3v) is 3.80. The number of nitrogens with one attached hydrogen (secondary N) is 2. The lowest BCUT2D eigenvalue weighted by Gasteiger charge is -2.06. The Hall–Kier alpha value is -0.680. The summed E-state index contributed by atoms with van der Waals surface area (Å²) in [5, 5.41) is 7.02. The van der Waals surface area contributed by atoms with E-state index in [0.29, 0.717) is 0 Å². The zero-order valence-electron chi connectivity index (χ0n) is 14.2. The molecule has 2 nitrogen and oxygen atoms in total. The quantitative estimate of drug-likeness (QED) is 0.448. The lowest BCUT2D eigenvalue weighted by atomic mass is 10.2. The summed E-state index contributed by atoms with van der Waals surface area (Å²) < 4.78 is 0. The molecule has 0 aliphatic carbocycles. The number of halogens is 2. The van der Waals surface area contributed by atoms with Gasteiger partial charge in [-0.25, -0.2) is 0 Å². The van der Waals surface area contributed by atoms with Crippen LogP contribution in [0.25, 0.3) is 0 Å². The molecule has 134 valence electrons. The largest absolute Gasteiger partial charge is 0.313 e. The molecule has 2 N–H and O–H groups in total. The van der Waals surface area contributed by atoms with E-state index in [1.165, 1.54) is 36.8 Å². The Labute approximate surface area is 168 Å². The SMILES string of the molecule is Br.Br.c1ccc(CNCCCCCCNCc2ccccc2)cc1. The van der Waals surface area contributed by atoms with Crippen molar-refractivity contribution in [3.05, 3.63) is 71.8 Å². The smallest absolute Gasteiger partial charge is 0.0205 e. The molecule has 0 amide bonds. The Balaban J connectivity index is 0.00000264. The molecule has 0 unspecified atom stereocenters. The first kappa shape index (κ1) is 23.3. The third kappa shape index (κ3) is 11.0. The van der Waals surface area contributed by atoms with Crippen LogP contribution in [-0.4, -0.2) is 13.1 Å². The molecule has 24 heavy (non-hydrogen) atoms. The fourth-order valence-electron chi connectivity index (χ4n) is 2.51. The van der Waals surface area contributed by atoms with Gasteiger partial charge in [-0.3, -0.25) is 0 Å². The highest BCUT2D eigenvalue weighted by molar-refractivity contribution is 8.93. The van der Waals surface area contributed by atoms with Crippen LogP contribution in [0, 0.1) is 0 Å². The van der Waals surface area contributed by atoms with Crippen LogP contribution in [0.2, 0.25) is 0 Å². The first-order valence-electron chi connectivity index (χ1n) is 8.44. The molecule has 0 aliphatic heterocycles. The van der Waals surface area contributed by atoms with Gasteiger partial charge in [0, 0.05) is 13.1 Å². The van der Waals surface area contributed by atoms with Crippen LogP contribution in [0.1, 0.15) is 36.8 Å². The van der Waals surface area contributed by atoms with Gasteiger partial charge in [-0.1, -0.05) is 73.5 Å². The predicted molar refractivity (Wildman–Crippen MR) is 115 cm³/mol. The average Bonchev–Trinajstić information content (AvgIpc) is 2.58. The zero-order valence-corrected chi connectivity index (χ0v) is 17.7. The molecule has 4 heteroatoms. The Morgan fingerprint density at radius 1 is 0.500 bits per heavy atom. The van der Waals surface area contributed by atoms with Gasteiger partial charge in [0.15, 0.2) is 0 Å². The summed E-state index contributed by atoms with van der Waals surface area (Å²) in [7, 11) is 0. The maximum Gasteiger partial charge on any atom is 0.0205 e. The van der Waals surface area contributed by atoms with Crippen LogP contribution < -0.4 is 10.6 Å². The van der Waals surface area contributed by atoms with Crippen molar-refractivity contribution in [3.8, 4) is 0 Å². The average molecular weight is 458 g/mol. The number of hydrogen-bond acceptors (Lipinski definition) is 2. The highest BCUT2D eigenvalue weighted by atomic mass is 79.9. The normalized spacial score (nSPS) is 9.83. The summed E-state index contributed by atoms with van der Waals surface area (Å²) in [6.07, 6.45) is 5.17. The van der Waals surface area contributed by atoms with Gasteiger partial charge in [-0.2, -0.15) is 0 Å². The molecule has 0 aromatic heterocycles. The lowest BCUT2D eigenvalue weighted by Crippen LogP contribution is -2.15. The summed E-state index contributed by atoms with van der Waals surface area (Å²) in [5.41, 5.74) is 2.74. The van der Waals surface area contributed by atoms with Gasteiger partial charge in [-0.05, 0) is 37.1 Å². The number of unbranched alkanes of at least 4 members (excludes halogenated alkanes) is 3. The van der Waals surface area contributed by atoms with E-state index in [2.05, 4.69) is 71.3 Å². The number of rotatable bonds is 11. The van der Waals surface area contributed by atoms with E-state index in [0.717, 1.165) is 26.2 Å². The van der Waals surface area contributed by atoms with Crippen LogP contribution in [0.5, 0.6) is 0 Å². The lowest BCUT2D eigenvalue weighted by molar-refractivity contribution is 0.563. The van der Waals surface area contributed by atoms with Crippen molar-refractivity contribution in [2.24, 2.45) is 0 Å². The van der Waals surface area contributed by atoms with Gasteiger partial charge in [0.25, 0.3) is 0 Å². The summed E-state index contributed by atoms with van der Waals surface area (Å²) in [5.74, 6) is 0. The van der Waals surface area contributed by atoms with Crippen molar-refractivity contribution in [2.75, 3.05) is 13.1 Å². The molecule has 0 spiro atoms. The molecule has 2 aromatic rings. The van der Waals surface area contributed by atoms with E-state index >= 15 is 0 Å². The Bertz CT molecular complexity index is 444. The summed E-state index contributed by atoms with van der Waals surface area (Å²) in [6, 6.07) is 21.2. The topological polar surface area (TPSA) is 24.1 Å². The van der Waals surface area contributed by atoms with Crippen molar-refractivity contribution >= 4 is 34.0 Å². The summed E-state index contributed by atoms with van der Waals surface area (Å²) >= 11 is 0. The summed E-state index contributed by atoms with van der Waals surface area (Å²) in [4.78, 5) is 0. The number of hydrogen-bond donors (Lipinski definition) is 2. The van der Waals surface area contributed by atoms with Crippen LogP contribution in [-0.2, 0) is 13.1 Å².